The van der Waals surface area contributed by atoms with E-state index in [0.717, 1.165) is 0 Å². The second-order valence-corrected chi connectivity index (χ2v) is 3.88. The molecule has 1 saturated heterocycles. The van der Waals surface area contributed by atoms with Crippen LogP contribution in [-0.4, -0.2) is 29.6 Å². The molecule has 0 radical (unpaired) electrons. The van der Waals surface area contributed by atoms with Gasteiger partial charge in [-0.15, -0.1) is 0 Å². The van der Waals surface area contributed by atoms with E-state index in [1.54, 1.807) is 0 Å². The van der Waals surface area contributed by atoms with E-state index in [4.69, 9.17) is 10.5 Å². The molecule has 0 aromatic rings. The summed E-state index contributed by atoms with van der Waals surface area (Å²) in [4.78, 5) is 10.7. The van der Waals surface area contributed by atoms with Crippen LogP contribution in [0.2, 0.25) is 0 Å². The van der Waals surface area contributed by atoms with E-state index in [1.165, 1.54) is 0 Å². The highest BCUT2D eigenvalue weighted by molar-refractivity contribution is 5.68. The minimum absolute atomic E-state index is 0.393. The highest BCUT2D eigenvalue weighted by atomic mass is 16.6. The standard InChI is InChI=1S/C8H17N3O3/c1-4(2)3-5(9)6(12)7-10-11-8(13)14-7/h4-7,10,12H,3,9H2,1-2H3,(H,11,13)/t5-,6?,7?/m0/s1. The van der Waals surface area contributed by atoms with Crippen molar-refractivity contribution in [3.05, 3.63) is 0 Å². The zero-order valence-corrected chi connectivity index (χ0v) is 8.36. The number of rotatable bonds is 4. The molecule has 0 aliphatic carbocycles. The predicted molar refractivity (Wildman–Crippen MR) is 50.0 cm³/mol. The van der Waals surface area contributed by atoms with Crippen molar-refractivity contribution in [2.45, 2.75) is 38.6 Å². The summed E-state index contributed by atoms with van der Waals surface area (Å²) < 4.78 is 4.73. The van der Waals surface area contributed by atoms with E-state index in [9.17, 15) is 9.90 Å². The first kappa shape index (κ1) is 11.2. The fourth-order valence-corrected chi connectivity index (χ4v) is 1.37. The van der Waals surface area contributed by atoms with Gasteiger partial charge in [0, 0.05) is 6.04 Å². The number of hydrogen-bond donors (Lipinski definition) is 4. The number of aliphatic hydroxyl groups excluding tert-OH is 1. The van der Waals surface area contributed by atoms with Gasteiger partial charge in [0.1, 0.15) is 6.10 Å². The Morgan fingerprint density at radius 3 is 2.71 bits per heavy atom. The maximum atomic E-state index is 10.7. The van der Waals surface area contributed by atoms with Crippen LogP contribution in [0.4, 0.5) is 4.79 Å². The molecule has 1 fully saturated rings. The van der Waals surface area contributed by atoms with Gasteiger partial charge in [0.25, 0.3) is 0 Å². The molecule has 0 spiro atoms. The first-order valence-corrected chi connectivity index (χ1v) is 4.66. The summed E-state index contributed by atoms with van der Waals surface area (Å²) in [5.41, 5.74) is 10.5. The largest absolute Gasteiger partial charge is 0.425 e. The first-order chi connectivity index (χ1) is 6.50. The summed E-state index contributed by atoms with van der Waals surface area (Å²) in [5.74, 6) is 0.393. The Kier molecular flexibility index (Phi) is 3.68. The lowest BCUT2D eigenvalue weighted by Gasteiger charge is -2.23. The molecular formula is C8H17N3O3. The lowest BCUT2D eigenvalue weighted by atomic mass is 9.99. The Hall–Kier alpha value is -0.850. The summed E-state index contributed by atoms with van der Waals surface area (Å²) in [5, 5.41) is 9.68. The number of hydrogen-bond acceptors (Lipinski definition) is 5. The van der Waals surface area contributed by atoms with Crippen LogP contribution in [0.3, 0.4) is 0 Å². The maximum Gasteiger partial charge on any atom is 0.423 e. The van der Waals surface area contributed by atoms with Gasteiger partial charge in [0.2, 0.25) is 0 Å². The molecule has 1 aliphatic heterocycles. The van der Waals surface area contributed by atoms with Gasteiger partial charge < -0.3 is 15.6 Å². The maximum absolute atomic E-state index is 10.7. The van der Waals surface area contributed by atoms with Crippen LogP contribution in [0.5, 0.6) is 0 Å². The van der Waals surface area contributed by atoms with Crippen molar-refractivity contribution in [1.29, 1.82) is 0 Å². The molecule has 6 heteroatoms. The van der Waals surface area contributed by atoms with Crippen molar-refractivity contribution in [3.63, 3.8) is 0 Å². The first-order valence-electron chi connectivity index (χ1n) is 4.66. The Labute approximate surface area is 82.8 Å². The smallest absolute Gasteiger partial charge is 0.423 e. The summed E-state index contributed by atoms with van der Waals surface area (Å²) >= 11 is 0. The molecule has 1 rings (SSSR count). The number of hydrazine groups is 1. The van der Waals surface area contributed by atoms with Gasteiger partial charge in [-0.2, -0.15) is 5.43 Å². The van der Waals surface area contributed by atoms with E-state index in [2.05, 4.69) is 10.9 Å². The van der Waals surface area contributed by atoms with Crippen LogP contribution in [0.1, 0.15) is 20.3 Å². The SMILES string of the molecule is CC(C)C[C@H](N)C(O)C1NNC(=O)O1. The zero-order chi connectivity index (χ0) is 10.7. The molecule has 2 unspecified atom stereocenters. The highest BCUT2D eigenvalue weighted by Crippen LogP contribution is 2.11. The topological polar surface area (TPSA) is 96.6 Å². The monoisotopic (exact) mass is 203 g/mol. The summed E-state index contributed by atoms with van der Waals surface area (Å²) in [6.07, 6.45) is -1.56. The second-order valence-electron chi connectivity index (χ2n) is 3.88. The number of amides is 1. The molecule has 1 aliphatic rings. The van der Waals surface area contributed by atoms with Crippen molar-refractivity contribution in [2.24, 2.45) is 11.7 Å². The molecule has 5 N–H and O–H groups in total. The number of cyclic esters (lactones) is 1. The van der Waals surface area contributed by atoms with Crippen LogP contribution >= 0.6 is 0 Å². The van der Waals surface area contributed by atoms with Crippen LogP contribution in [-0.2, 0) is 4.74 Å². The van der Waals surface area contributed by atoms with Gasteiger partial charge in [-0.25, -0.2) is 4.79 Å². The van der Waals surface area contributed by atoms with Gasteiger partial charge in [-0.1, -0.05) is 13.8 Å². The quantitative estimate of drug-likeness (QED) is 0.484. The predicted octanol–water partition coefficient (Wildman–Crippen LogP) is -0.709. The Morgan fingerprint density at radius 1 is 1.64 bits per heavy atom. The van der Waals surface area contributed by atoms with Crippen molar-refractivity contribution in [2.75, 3.05) is 0 Å². The minimum atomic E-state index is -0.892. The molecule has 6 nitrogen and oxygen atoms in total. The lowest BCUT2D eigenvalue weighted by Crippen LogP contribution is -2.49. The second kappa shape index (κ2) is 4.59. The van der Waals surface area contributed by atoms with Gasteiger partial charge in [0.15, 0.2) is 6.23 Å². The molecule has 0 bridgehead atoms. The number of aliphatic hydroxyl groups is 1. The Balaban J connectivity index is 2.39. The van der Waals surface area contributed by atoms with Gasteiger partial charge in [-0.05, 0) is 12.3 Å². The van der Waals surface area contributed by atoms with Crippen molar-refractivity contribution < 1.29 is 14.6 Å². The fraction of sp³-hybridized carbons (Fsp3) is 0.875. The molecule has 3 atom stereocenters. The Morgan fingerprint density at radius 2 is 2.29 bits per heavy atom. The molecule has 1 amide bonds. The number of carbonyl (C=O) groups is 1. The minimum Gasteiger partial charge on any atom is -0.425 e. The third-order valence-corrected chi connectivity index (χ3v) is 2.04. The average molecular weight is 203 g/mol. The number of nitrogens with two attached hydrogens (primary N) is 1. The van der Waals surface area contributed by atoms with E-state index >= 15 is 0 Å². The van der Waals surface area contributed by atoms with Gasteiger partial charge in [0.05, 0.1) is 0 Å². The number of carbonyl (C=O) groups excluding carboxylic acids is 1. The molecule has 0 saturated carbocycles. The van der Waals surface area contributed by atoms with Crippen molar-refractivity contribution in [1.82, 2.24) is 10.9 Å². The van der Waals surface area contributed by atoms with Crippen molar-refractivity contribution >= 4 is 6.09 Å². The third kappa shape index (κ3) is 2.83. The molecular weight excluding hydrogens is 186 g/mol. The van der Waals surface area contributed by atoms with E-state index in [-0.39, 0.29) is 0 Å². The van der Waals surface area contributed by atoms with Crippen LogP contribution in [0, 0.1) is 5.92 Å². The van der Waals surface area contributed by atoms with Gasteiger partial charge in [-0.3, -0.25) is 5.43 Å². The highest BCUT2D eigenvalue weighted by Gasteiger charge is 2.33. The normalized spacial score (nSPS) is 25.8. The number of nitrogens with one attached hydrogen (secondary N) is 2. The van der Waals surface area contributed by atoms with Crippen molar-refractivity contribution in [3.8, 4) is 0 Å². The average Bonchev–Trinajstić information content (AvgIpc) is 2.49. The van der Waals surface area contributed by atoms with Crippen LogP contribution < -0.4 is 16.6 Å². The molecule has 14 heavy (non-hydrogen) atoms. The third-order valence-electron chi connectivity index (χ3n) is 2.04. The summed E-state index contributed by atoms with van der Waals surface area (Å²) in [6.45, 7) is 4.03. The van der Waals surface area contributed by atoms with Crippen LogP contribution in [0.15, 0.2) is 0 Å². The molecule has 1 heterocycles. The lowest BCUT2D eigenvalue weighted by molar-refractivity contribution is -0.00243. The molecule has 0 aromatic carbocycles. The molecule has 82 valence electrons. The van der Waals surface area contributed by atoms with Gasteiger partial charge >= 0.3 is 6.09 Å². The Bertz CT molecular complexity index is 210. The van der Waals surface area contributed by atoms with E-state index in [0.29, 0.717) is 12.3 Å². The summed E-state index contributed by atoms with van der Waals surface area (Å²) in [6, 6.07) is -0.403. The summed E-state index contributed by atoms with van der Waals surface area (Å²) in [7, 11) is 0. The van der Waals surface area contributed by atoms with E-state index < -0.39 is 24.5 Å². The number of ether oxygens (including phenoxy) is 1. The molecule has 0 aromatic heterocycles. The fourth-order valence-electron chi connectivity index (χ4n) is 1.37. The van der Waals surface area contributed by atoms with E-state index in [1.807, 2.05) is 13.8 Å². The zero-order valence-electron chi connectivity index (χ0n) is 8.36. The van der Waals surface area contributed by atoms with Crippen LogP contribution in [0.25, 0.3) is 0 Å².